The van der Waals surface area contributed by atoms with Crippen LogP contribution in [0.15, 0.2) is 48.5 Å². The van der Waals surface area contributed by atoms with Gasteiger partial charge in [-0.1, -0.05) is 50.1 Å². The lowest BCUT2D eigenvalue weighted by molar-refractivity contribution is -0.140. The van der Waals surface area contributed by atoms with E-state index in [1.54, 1.807) is 18.2 Å². The zero-order valence-electron chi connectivity index (χ0n) is 20.7. The molecule has 1 N–H and O–H groups in total. The maximum atomic E-state index is 13.7. The van der Waals surface area contributed by atoms with E-state index in [2.05, 4.69) is 5.32 Å². The normalized spacial score (nSPS) is 15.9. The molecule has 0 radical (unpaired) electrons. The van der Waals surface area contributed by atoms with Crippen LogP contribution in [0.1, 0.15) is 44.6 Å². The summed E-state index contributed by atoms with van der Waals surface area (Å²) >= 11 is 0. The van der Waals surface area contributed by atoms with Crippen molar-refractivity contribution in [3.05, 3.63) is 54.1 Å². The lowest BCUT2D eigenvalue weighted by atomic mass is 10.1. The third-order valence-corrected chi connectivity index (χ3v) is 7.75. The molecule has 0 bridgehead atoms. The summed E-state index contributed by atoms with van der Waals surface area (Å²) in [6, 6.07) is 13.5. The summed E-state index contributed by atoms with van der Waals surface area (Å²) < 4.78 is 37.3. The molecular weight excluding hydrogens is 482 g/mol. The van der Waals surface area contributed by atoms with Gasteiger partial charge in [0.15, 0.2) is 11.5 Å². The number of ether oxygens (including phenoxy) is 2. The summed E-state index contributed by atoms with van der Waals surface area (Å²) in [4.78, 5) is 28.5. The average Bonchev–Trinajstić information content (AvgIpc) is 3.53. The monoisotopic (exact) mass is 515 g/mol. The second-order valence-electron chi connectivity index (χ2n) is 9.23. The molecule has 2 aromatic carbocycles. The number of nitrogens with one attached hydrogen (secondary N) is 1. The largest absolute Gasteiger partial charge is 0.454 e. The first-order chi connectivity index (χ1) is 17.3. The number of carbonyl (C=O) groups excluding carboxylic acids is 2. The third-order valence-electron chi connectivity index (χ3n) is 6.61. The number of benzene rings is 2. The van der Waals surface area contributed by atoms with E-state index in [9.17, 15) is 18.0 Å². The first kappa shape index (κ1) is 25.8. The fourth-order valence-corrected chi connectivity index (χ4v) is 5.56. The van der Waals surface area contributed by atoms with Gasteiger partial charge in [0.1, 0.15) is 12.6 Å². The maximum Gasteiger partial charge on any atom is 0.244 e. The van der Waals surface area contributed by atoms with Crippen molar-refractivity contribution in [2.24, 2.45) is 0 Å². The quantitative estimate of drug-likeness (QED) is 0.522. The second-order valence-corrected chi connectivity index (χ2v) is 11.1. The van der Waals surface area contributed by atoms with Crippen LogP contribution in [0.2, 0.25) is 0 Å². The Morgan fingerprint density at radius 3 is 2.42 bits per heavy atom. The molecule has 0 unspecified atom stereocenters. The molecule has 0 spiro atoms. The molecule has 2 aliphatic rings. The van der Waals surface area contributed by atoms with Gasteiger partial charge < -0.3 is 19.7 Å². The minimum absolute atomic E-state index is 0.0513. The van der Waals surface area contributed by atoms with E-state index in [4.69, 9.17) is 9.47 Å². The van der Waals surface area contributed by atoms with Crippen molar-refractivity contribution in [1.29, 1.82) is 0 Å². The van der Waals surface area contributed by atoms with Crippen molar-refractivity contribution in [1.82, 2.24) is 10.2 Å². The lowest BCUT2D eigenvalue weighted by Gasteiger charge is -2.33. The van der Waals surface area contributed by atoms with Crippen LogP contribution in [0.4, 0.5) is 5.69 Å². The summed E-state index contributed by atoms with van der Waals surface area (Å²) in [6.07, 6.45) is 5.47. The number of hydrogen-bond acceptors (Lipinski definition) is 6. The van der Waals surface area contributed by atoms with Crippen molar-refractivity contribution >= 4 is 27.5 Å². The average molecular weight is 516 g/mol. The molecule has 1 heterocycles. The number of amides is 2. The number of carbonyl (C=O) groups is 2. The Bertz CT molecular complexity index is 1180. The van der Waals surface area contributed by atoms with Crippen LogP contribution in [-0.4, -0.2) is 56.8 Å². The molecule has 9 nitrogen and oxygen atoms in total. The molecule has 1 aliphatic carbocycles. The third kappa shape index (κ3) is 6.10. The molecule has 10 heteroatoms. The van der Waals surface area contributed by atoms with E-state index >= 15 is 0 Å². The number of fused-ring (bicyclic) bond motifs is 1. The van der Waals surface area contributed by atoms with E-state index in [1.165, 1.54) is 4.90 Å². The van der Waals surface area contributed by atoms with Gasteiger partial charge >= 0.3 is 0 Å². The minimum atomic E-state index is -3.82. The Balaban J connectivity index is 1.61. The highest BCUT2D eigenvalue weighted by molar-refractivity contribution is 7.92. The predicted molar refractivity (Wildman–Crippen MR) is 136 cm³/mol. The van der Waals surface area contributed by atoms with E-state index < -0.39 is 28.5 Å². The molecule has 36 heavy (non-hydrogen) atoms. The van der Waals surface area contributed by atoms with Crippen LogP contribution in [-0.2, 0) is 26.2 Å². The van der Waals surface area contributed by atoms with Gasteiger partial charge in [-0.25, -0.2) is 8.42 Å². The SMILES string of the molecule is CC[C@H](C(=O)NC1CCCC1)N(Cc1ccccc1)C(=O)CN(c1ccc2c(c1)OCO2)S(C)(=O)=O. The Morgan fingerprint density at radius 2 is 1.75 bits per heavy atom. The predicted octanol–water partition coefficient (Wildman–Crippen LogP) is 3.05. The molecule has 1 fully saturated rings. The van der Waals surface area contributed by atoms with E-state index in [-0.39, 0.29) is 25.3 Å². The summed E-state index contributed by atoms with van der Waals surface area (Å²) in [7, 11) is -3.82. The van der Waals surface area contributed by atoms with Crippen molar-refractivity contribution in [2.75, 3.05) is 23.9 Å². The number of rotatable bonds is 10. The molecule has 194 valence electrons. The Hall–Kier alpha value is -3.27. The van der Waals surface area contributed by atoms with E-state index in [1.807, 2.05) is 37.3 Å². The van der Waals surface area contributed by atoms with Gasteiger partial charge in [0, 0.05) is 18.7 Å². The number of nitrogens with zero attached hydrogens (tertiary/aromatic N) is 2. The highest BCUT2D eigenvalue weighted by atomic mass is 32.2. The lowest BCUT2D eigenvalue weighted by Crippen LogP contribution is -2.53. The Labute approximate surface area is 212 Å². The van der Waals surface area contributed by atoms with Gasteiger partial charge in [-0.05, 0) is 37.0 Å². The van der Waals surface area contributed by atoms with Gasteiger partial charge in [-0.2, -0.15) is 0 Å². The Morgan fingerprint density at radius 1 is 1.06 bits per heavy atom. The van der Waals surface area contributed by atoms with E-state index in [0.717, 1.165) is 41.8 Å². The summed E-state index contributed by atoms with van der Waals surface area (Å²) in [6.45, 7) is 1.65. The minimum Gasteiger partial charge on any atom is -0.454 e. The molecule has 1 saturated carbocycles. The summed E-state index contributed by atoms with van der Waals surface area (Å²) in [5.74, 6) is 0.258. The highest BCUT2D eigenvalue weighted by Crippen LogP contribution is 2.36. The van der Waals surface area contributed by atoms with Crippen molar-refractivity contribution < 1.29 is 27.5 Å². The van der Waals surface area contributed by atoms with Gasteiger partial charge in [0.05, 0.1) is 11.9 Å². The zero-order chi connectivity index (χ0) is 25.7. The number of hydrogen-bond donors (Lipinski definition) is 1. The van der Waals surface area contributed by atoms with Crippen LogP contribution in [0.25, 0.3) is 0 Å². The summed E-state index contributed by atoms with van der Waals surface area (Å²) in [5.41, 5.74) is 1.14. The number of anilines is 1. The standard InChI is InChI=1S/C26H33N3O6S/c1-3-22(26(31)27-20-11-7-8-12-20)28(16-19-9-5-4-6-10-19)25(30)17-29(36(2,32)33)21-13-14-23-24(15-21)35-18-34-23/h4-6,9-10,13-15,20,22H,3,7-8,11-12,16-18H2,1-2H3,(H,27,31)/t22-/m1/s1. The first-order valence-corrected chi connectivity index (χ1v) is 14.1. The fourth-order valence-electron chi connectivity index (χ4n) is 4.72. The van der Waals surface area contributed by atoms with Gasteiger partial charge in [-0.15, -0.1) is 0 Å². The van der Waals surface area contributed by atoms with Crippen molar-refractivity contribution in [3.63, 3.8) is 0 Å². The molecule has 1 atom stereocenters. The molecule has 2 aromatic rings. The first-order valence-electron chi connectivity index (χ1n) is 12.3. The smallest absolute Gasteiger partial charge is 0.244 e. The second kappa shape index (κ2) is 11.2. The molecule has 0 saturated heterocycles. The van der Waals surface area contributed by atoms with Crippen LogP contribution < -0.4 is 19.1 Å². The zero-order valence-corrected chi connectivity index (χ0v) is 21.5. The van der Waals surface area contributed by atoms with Gasteiger partial charge in [0.2, 0.25) is 28.6 Å². The highest BCUT2D eigenvalue weighted by Gasteiger charge is 2.33. The number of sulfonamides is 1. The molecule has 4 rings (SSSR count). The van der Waals surface area contributed by atoms with Crippen LogP contribution in [0, 0.1) is 0 Å². The van der Waals surface area contributed by atoms with Crippen LogP contribution in [0.3, 0.4) is 0 Å². The maximum absolute atomic E-state index is 13.7. The molecule has 2 amide bonds. The topological polar surface area (TPSA) is 105 Å². The Kier molecular flexibility index (Phi) is 8.03. The molecular formula is C26H33N3O6S. The van der Waals surface area contributed by atoms with E-state index in [0.29, 0.717) is 23.6 Å². The summed E-state index contributed by atoms with van der Waals surface area (Å²) in [5, 5.41) is 3.10. The molecule has 1 aliphatic heterocycles. The van der Waals surface area contributed by atoms with Crippen molar-refractivity contribution in [3.8, 4) is 11.5 Å². The van der Waals surface area contributed by atoms with Crippen LogP contribution in [0.5, 0.6) is 11.5 Å². The van der Waals surface area contributed by atoms with Crippen LogP contribution >= 0.6 is 0 Å². The fraction of sp³-hybridized carbons (Fsp3) is 0.462. The van der Waals surface area contributed by atoms with Gasteiger partial charge in [0.25, 0.3) is 0 Å². The molecule has 0 aromatic heterocycles. The van der Waals surface area contributed by atoms with Crippen molar-refractivity contribution in [2.45, 2.75) is 57.7 Å². The van der Waals surface area contributed by atoms with Gasteiger partial charge in [-0.3, -0.25) is 13.9 Å².